The molecule has 1 atom stereocenters. The second-order valence-electron chi connectivity index (χ2n) is 4.96. The third-order valence-electron chi connectivity index (χ3n) is 3.44. The molecule has 2 N–H and O–H groups in total. The van der Waals surface area contributed by atoms with E-state index >= 15 is 0 Å². The number of ether oxygens (including phenoxy) is 1. The minimum Gasteiger partial charge on any atom is -0.483 e. The second kappa shape index (κ2) is 6.53. The summed E-state index contributed by atoms with van der Waals surface area (Å²) in [5.41, 5.74) is 9.11. The van der Waals surface area contributed by atoms with E-state index in [2.05, 4.69) is 26.0 Å². The van der Waals surface area contributed by atoms with Crippen LogP contribution in [0.2, 0.25) is 0 Å². The summed E-state index contributed by atoms with van der Waals surface area (Å²) in [5.74, 6) is -0.0810. The van der Waals surface area contributed by atoms with Gasteiger partial charge in [0.25, 0.3) is 0 Å². The molecule has 0 aliphatic carbocycles. The highest BCUT2D eigenvalue weighted by Gasteiger charge is 2.15. The molecule has 0 aromatic heterocycles. The van der Waals surface area contributed by atoms with E-state index in [-0.39, 0.29) is 17.7 Å². The maximum absolute atomic E-state index is 13.7. The highest BCUT2D eigenvalue weighted by molar-refractivity contribution is 5.32. The smallest absolute Gasteiger partial charge is 0.165 e. The van der Waals surface area contributed by atoms with Crippen molar-refractivity contribution in [3.8, 4) is 5.75 Å². The van der Waals surface area contributed by atoms with Gasteiger partial charge in [-0.15, -0.1) is 0 Å². The van der Waals surface area contributed by atoms with Gasteiger partial charge in [0.15, 0.2) is 11.6 Å². The van der Waals surface area contributed by atoms with Crippen LogP contribution in [0.5, 0.6) is 5.75 Å². The van der Waals surface area contributed by atoms with E-state index < -0.39 is 0 Å². The van der Waals surface area contributed by atoms with Crippen LogP contribution in [0.1, 0.15) is 29.2 Å². The van der Waals surface area contributed by atoms with Crippen LogP contribution in [0.25, 0.3) is 0 Å². The van der Waals surface area contributed by atoms with Crippen molar-refractivity contribution in [2.75, 3.05) is 6.54 Å². The summed E-state index contributed by atoms with van der Waals surface area (Å²) in [7, 11) is 0. The highest BCUT2D eigenvalue weighted by atomic mass is 19.1. The molecule has 0 saturated carbocycles. The number of aryl methyl sites for hydroxylation is 2. The van der Waals surface area contributed by atoms with Gasteiger partial charge >= 0.3 is 0 Å². The molecule has 2 aromatic rings. The Bertz CT molecular complexity index is 583. The molecule has 0 fully saturated rings. The van der Waals surface area contributed by atoms with Crippen molar-refractivity contribution >= 4 is 0 Å². The lowest BCUT2D eigenvalue weighted by Gasteiger charge is -2.20. The van der Waals surface area contributed by atoms with Gasteiger partial charge in [-0.05, 0) is 49.2 Å². The fraction of sp³-hybridized carbons (Fsp3) is 0.294. The predicted octanol–water partition coefficient (Wildman–Crippen LogP) is 3.91. The SMILES string of the molecule is Cc1ccc(C(CCN)Oc2ccccc2F)cc1C. The lowest BCUT2D eigenvalue weighted by molar-refractivity contribution is 0.189. The van der Waals surface area contributed by atoms with Crippen LogP contribution in [0.15, 0.2) is 42.5 Å². The van der Waals surface area contributed by atoms with Crippen LogP contribution in [0, 0.1) is 19.7 Å². The summed E-state index contributed by atoms with van der Waals surface area (Å²) >= 11 is 0. The summed E-state index contributed by atoms with van der Waals surface area (Å²) in [4.78, 5) is 0. The average Bonchev–Trinajstić information content (AvgIpc) is 2.44. The van der Waals surface area contributed by atoms with Gasteiger partial charge in [0.05, 0.1) is 0 Å². The van der Waals surface area contributed by atoms with E-state index in [0.717, 1.165) is 5.56 Å². The molecule has 0 aliphatic heterocycles. The summed E-state index contributed by atoms with van der Waals surface area (Å²) in [6.45, 7) is 4.61. The van der Waals surface area contributed by atoms with Crippen molar-refractivity contribution in [3.63, 3.8) is 0 Å². The van der Waals surface area contributed by atoms with Crippen LogP contribution in [-0.2, 0) is 0 Å². The summed E-state index contributed by atoms with van der Waals surface area (Å²) in [6, 6.07) is 12.6. The Balaban J connectivity index is 2.27. The van der Waals surface area contributed by atoms with Crippen molar-refractivity contribution in [1.29, 1.82) is 0 Å². The summed E-state index contributed by atoms with van der Waals surface area (Å²) in [5, 5.41) is 0. The first-order valence-electron chi connectivity index (χ1n) is 6.80. The maximum Gasteiger partial charge on any atom is 0.165 e. The fourth-order valence-electron chi connectivity index (χ4n) is 2.10. The maximum atomic E-state index is 13.7. The van der Waals surface area contributed by atoms with E-state index in [1.54, 1.807) is 18.2 Å². The Morgan fingerprint density at radius 3 is 2.50 bits per heavy atom. The molecule has 0 amide bonds. The largest absolute Gasteiger partial charge is 0.483 e. The van der Waals surface area contributed by atoms with Crippen molar-refractivity contribution in [2.45, 2.75) is 26.4 Å². The van der Waals surface area contributed by atoms with Crippen molar-refractivity contribution in [2.24, 2.45) is 5.73 Å². The first-order valence-corrected chi connectivity index (χ1v) is 6.80. The lowest BCUT2D eigenvalue weighted by Crippen LogP contribution is -2.14. The lowest BCUT2D eigenvalue weighted by atomic mass is 10.0. The van der Waals surface area contributed by atoms with Gasteiger partial charge < -0.3 is 10.5 Å². The minimum atomic E-state index is -0.349. The molecule has 1 unspecified atom stereocenters. The second-order valence-corrected chi connectivity index (χ2v) is 4.96. The molecule has 3 heteroatoms. The van der Waals surface area contributed by atoms with Gasteiger partial charge in [0.1, 0.15) is 6.10 Å². The normalized spacial score (nSPS) is 12.2. The number of nitrogens with two attached hydrogens (primary N) is 1. The molecule has 2 aromatic carbocycles. The quantitative estimate of drug-likeness (QED) is 0.896. The minimum absolute atomic E-state index is 0.226. The number of rotatable bonds is 5. The van der Waals surface area contributed by atoms with E-state index in [0.29, 0.717) is 13.0 Å². The molecule has 0 spiro atoms. The van der Waals surface area contributed by atoms with Gasteiger partial charge in [-0.2, -0.15) is 0 Å². The zero-order valence-electron chi connectivity index (χ0n) is 11.9. The Morgan fingerprint density at radius 1 is 1.10 bits per heavy atom. The Labute approximate surface area is 119 Å². The monoisotopic (exact) mass is 273 g/mol. The van der Waals surface area contributed by atoms with E-state index in [1.807, 2.05) is 6.07 Å². The van der Waals surface area contributed by atoms with Gasteiger partial charge in [0, 0.05) is 6.42 Å². The fourth-order valence-corrected chi connectivity index (χ4v) is 2.10. The number of hydrogen-bond donors (Lipinski definition) is 1. The molecular formula is C17H20FNO. The first-order chi connectivity index (χ1) is 9.61. The molecule has 2 rings (SSSR count). The van der Waals surface area contributed by atoms with Gasteiger partial charge in [-0.3, -0.25) is 0 Å². The van der Waals surface area contributed by atoms with Crippen LogP contribution < -0.4 is 10.5 Å². The molecule has 106 valence electrons. The zero-order chi connectivity index (χ0) is 14.5. The first kappa shape index (κ1) is 14.5. The molecule has 0 aliphatic rings. The molecule has 2 nitrogen and oxygen atoms in total. The van der Waals surface area contributed by atoms with E-state index in [1.165, 1.54) is 17.2 Å². The van der Waals surface area contributed by atoms with Crippen LogP contribution in [0.3, 0.4) is 0 Å². The zero-order valence-corrected chi connectivity index (χ0v) is 11.9. The highest BCUT2D eigenvalue weighted by Crippen LogP contribution is 2.27. The van der Waals surface area contributed by atoms with Gasteiger partial charge in [-0.1, -0.05) is 30.3 Å². The third-order valence-corrected chi connectivity index (χ3v) is 3.44. The van der Waals surface area contributed by atoms with Crippen LogP contribution in [0.4, 0.5) is 4.39 Å². The topological polar surface area (TPSA) is 35.2 Å². The Hall–Kier alpha value is -1.87. The van der Waals surface area contributed by atoms with E-state index in [9.17, 15) is 4.39 Å². The molecule has 0 radical (unpaired) electrons. The standard InChI is InChI=1S/C17H20FNO/c1-12-7-8-14(11-13(12)2)16(9-10-19)20-17-6-4-3-5-15(17)18/h3-8,11,16H,9-10,19H2,1-2H3. The van der Waals surface area contributed by atoms with Crippen LogP contribution in [-0.4, -0.2) is 6.54 Å². The number of halogens is 1. The number of benzene rings is 2. The summed E-state index contributed by atoms with van der Waals surface area (Å²) in [6.07, 6.45) is 0.424. The van der Waals surface area contributed by atoms with Crippen molar-refractivity contribution < 1.29 is 9.13 Å². The van der Waals surface area contributed by atoms with Crippen molar-refractivity contribution in [1.82, 2.24) is 0 Å². The van der Waals surface area contributed by atoms with Gasteiger partial charge in [-0.25, -0.2) is 4.39 Å². The van der Waals surface area contributed by atoms with Crippen LogP contribution >= 0.6 is 0 Å². The number of para-hydroxylation sites is 1. The van der Waals surface area contributed by atoms with Gasteiger partial charge in [0.2, 0.25) is 0 Å². The molecule has 0 bridgehead atoms. The van der Waals surface area contributed by atoms with Crippen molar-refractivity contribution in [3.05, 3.63) is 65.0 Å². The third kappa shape index (κ3) is 3.36. The summed E-state index contributed by atoms with van der Waals surface area (Å²) < 4.78 is 19.5. The molecular weight excluding hydrogens is 253 g/mol. The Kier molecular flexibility index (Phi) is 4.74. The molecule has 0 saturated heterocycles. The Morgan fingerprint density at radius 2 is 1.85 bits per heavy atom. The predicted molar refractivity (Wildman–Crippen MR) is 79.4 cm³/mol. The molecule has 0 heterocycles. The van der Waals surface area contributed by atoms with E-state index in [4.69, 9.17) is 10.5 Å². The average molecular weight is 273 g/mol. The molecule has 20 heavy (non-hydrogen) atoms. The number of hydrogen-bond acceptors (Lipinski definition) is 2.